The van der Waals surface area contributed by atoms with E-state index in [9.17, 15) is 4.79 Å². The number of benzene rings is 2. The Morgan fingerprint density at radius 1 is 0.964 bits per heavy atom. The molecule has 0 bridgehead atoms. The number of thiophene rings is 1. The first-order valence-corrected chi connectivity index (χ1v) is 9.75. The van der Waals surface area contributed by atoms with Gasteiger partial charge in [-0.15, -0.1) is 11.3 Å². The average molecular weight is 388 g/mol. The predicted molar refractivity (Wildman–Crippen MR) is 116 cm³/mol. The maximum atomic E-state index is 12.2. The number of methoxy groups -OCH3 is 1. The number of nitrogen functional groups attached to an aromatic ring is 1. The van der Waals surface area contributed by atoms with Gasteiger partial charge in [-0.05, 0) is 31.0 Å². The first kappa shape index (κ1) is 18.2. The lowest BCUT2D eigenvalue weighted by molar-refractivity contribution is 0.0607. The maximum Gasteiger partial charge on any atom is 0.350 e. The summed E-state index contributed by atoms with van der Waals surface area (Å²) >= 11 is 1.27. The van der Waals surface area contributed by atoms with E-state index in [-0.39, 0.29) is 0 Å². The Hall–Kier alpha value is -3.18. The van der Waals surface area contributed by atoms with Crippen LogP contribution < -0.4 is 5.73 Å². The Morgan fingerprint density at radius 2 is 1.54 bits per heavy atom. The second-order valence-corrected chi connectivity index (χ2v) is 7.80. The number of nitrogens with zero attached hydrogens (tertiary/aromatic N) is 1. The van der Waals surface area contributed by atoms with Gasteiger partial charge >= 0.3 is 5.97 Å². The first-order chi connectivity index (χ1) is 13.5. The van der Waals surface area contributed by atoms with Crippen molar-refractivity contribution in [2.24, 2.45) is 0 Å². The molecule has 0 saturated carbocycles. The summed E-state index contributed by atoms with van der Waals surface area (Å²) in [5, 5.41) is 0.796. The molecule has 0 radical (unpaired) electrons. The smallest absolute Gasteiger partial charge is 0.350 e. The monoisotopic (exact) mass is 388 g/mol. The second-order valence-electron chi connectivity index (χ2n) is 6.80. The van der Waals surface area contributed by atoms with Crippen molar-refractivity contribution in [3.05, 3.63) is 70.6 Å². The predicted octanol–water partition coefficient (Wildman–Crippen LogP) is 5.62. The Bertz CT molecular complexity index is 1180. The summed E-state index contributed by atoms with van der Waals surface area (Å²) in [5.74, 6) is -0.438. The molecule has 2 heterocycles. The third kappa shape index (κ3) is 3.14. The summed E-state index contributed by atoms with van der Waals surface area (Å²) in [7, 11) is 1.36. The minimum atomic E-state index is -0.438. The number of carbonyl (C=O) groups excluding carboxylic acids is 1. The number of rotatable bonds is 3. The number of hydrogen-bond acceptors (Lipinski definition) is 5. The molecule has 0 aliphatic rings. The summed E-state index contributed by atoms with van der Waals surface area (Å²) in [6.07, 6.45) is 0. The number of aromatic nitrogens is 1. The van der Waals surface area contributed by atoms with Gasteiger partial charge < -0.3 is 10.5 Å². The largest absolute Gasteiger partial charge is 0.465 e. The molecule has 4 nitrogen and oxygen atoms in total. The van der Waals surface area contributed by atoms with Gasteiger partial charge in [0.05, 0.1) is 18.5 Å². The van der Waals surface area contributed by atoms with E-state index in [0.717, 1.165) is 32.6 Å². The van der Waals surface area contributed by atoms with E-state index in [0.29, 0.717) is 10.6 Å². The topological polar surface area (TPSA) is 65.2 Å². The quantitative estimate of drug-likeness (QED) is 0.463. The summed E-state index contributed by atoms with van der Waals surface area (Å²) in [6.45, 7) is 4.11. The Kier molecular flexibility index (Phi) is 4.61. The lowest BCUT2D eigenvalue weighted by atomic mass is 9.98. The zero-order chi connectivity index (χ0) is 19.8. The number of carbonyl (C=O) groups is 1. The Balaban J connectivity index is 2.02. The van der Waals surface area contributed by atoms with Gasteiger partial charge in [-0.2, -0.15) is 0 Å². The number of nitrogens with two attached hydrogens (primary N) is 1. The normalized spacial score (nSPS) is 11.0. The molecule has 0 amide bonds. The van der Waals surface area contributed by atoms with Gasteiger partial charge in [0.25, 0.3) is 0 Å². The van der Waals surface area contributed by atoms with Crippen LogP contribution in [0.15, 0.2) is 54.6 Å². The van der Waals surface area contributed by atoms with Crippen LogP contribution >= 0.6 is 11.3 Å². The SMILES string of the molecule is COC(=O)c1sc2nc(-c3ccc(C)cc3)cc(-c3ccc(C)cc3)c2c1N. The van der Waals surface area contributed by atoms with Crippen LogP contribution in [-0.4, -0.2) is 18.1 Å². The van der Waals surface area contributed by atoms with Crippen molar-refractivity contribution in [1.82, 2.24) is 4.98 Å². The van der Waals surface area contributed by atoms with E-state index in [2.05, 4.69) is 62.4 Å². The van der Waals surface area contributed by atoms with Crippen LogP contribution in [0.1, 0.15) is 20.8 Å². The molecule has 2 N–H and O–H groups in total. The summed E-state index contributed by atoms with van der Waals surface area (Å²) < 4.78 is 4.90. The number of anilines is 1. The molecule has 140 valence electrons. The van der Waals surface area contributed by atoms with Crippen molar-refractivity contribution in [3.8, 4) is 22.4 Å². The maximum absolute atomic E-state index is 12.2. The average Bonchev–Trinajstić information content (AvgIpc) is 3.04. The third-order valence-electron chi connectivity index (χ3n) is 4.78. The van der Waals surface area contributed by atoms with Crippen molar-refractivity contribution < 1.29 is 9.53 Å². The van der Waals surface area contributed by atoms with Crippen LogP contribution in [0.3, 0.4) is 0 Å². The molecule has 2 aromatic carbocycles. The fraction of sp³-hybridized carbons (Fsp3) is 0.130. The summed E-state index contributed by atoms with van der Waals surface area (Å²) in [5.41, 5.74) is 13.0. The number of aryl methyl sites for hydroxylation is 2. The molecule has 28 heavy (non-hydrogen) atoms. The van der Waals surface area contributed by atoms with Gasteiger partial charge in [0, 0.05) is 10.9 Å². The fourth-order valence-corrected chi connectivity index (χ4v) is 4.24. The number of fused-ring (bicyclic) bond motifs is 1. The second kappa shape index (κ2) is 7.09. The van der Waals surface area contributed by atoms with Crippen molar-refractivity contribution in [1.29, 1.82) is 0 Å². The third-order valence-corrected chi connectivity index (χ3v) is 5.86. The van der Waals surface area contributed by atoms with Crippen LogP contribution in [0.25, 0.3) is 32.6 Å². The van der Waals surface area contributed by atoms with Gasteiger partial charge in [0.15, 0.2) is 0 Å². The van der Waals surface area contributed by atoms with E-state index in [1.165, 1.54) is 29.6 Å². The van der Waals surface area contributed by atoms with Crippen LogP contribution in [-0.2, 0) is 4.74 Å². The lowest BCUT2D eigenvalue weighted by Gasteiger charge is -2.09. The van der Waals surface area contributed by atoms with E-state index >= 15 is 0 Å². The Morgan fingerprint density at radius 3 is 2.11 bits per heavy atom. The molecule has 0 fully saturated rings. The Labute approximate surface area is 167 Å². The molecular weight excluding hydrogens is 368 g/mol. The van der Waals surface area contributed by atoms with Crippen molar-refractivity contribution in [3.63, 3.8) is 0 Å². The molecule has 0 aliphatic heterocycles. The molecule has 4 aromatic rings. The fourth-order valence-electron chi connectivity index (χ4n) is 3.20. The highest BCUT2D eigenvalue weighted by Crippen LogP contribution is 2.41. The zero-order valence-corrected chi connectivity index (χ0v) is 16.8. The first-order valence-electron chi connectivity index (χ1n) is 8.93. The molecule has 0 aliphatic carbocycles. The van der Waals surface area contributed by atoms with Crippen LogP contribution in [0.2, 0.25) is 0 Å². The minimum Gasteiger partial charge on any atom is -0.465 e. The van der Waals surface area contributed by atoms with Gasteiger partial charge in [-0.3, -0.25) is 0 Å². The minimum absolute atomic E-state index is 0.388. The molecular formula is C23H20N2O2S. The summed E-state index contributed by atoms with van der Waals surface area (Å²) in [6, 6.07) is 18.6. The number of hydrogen-bond donors (Lipinski definition) is 1. The van der Waals surface area contributed by atoms with Crippen molar-refractivity contribution in [2.75, 3.05) is 12.8 Å². The van der Waals surface area contributed by atoms with Gasteiger partial charge in [-0.1, -0.05) is 59.7 Å². The molecule has 2 aromatic heterocycles. The van der Waals surface area contributed by atoms with Gasteiger partial charge in [0.2, 0.25) is 0 Å². The van der Waals surface area contributed by atoms with E-state index in [1.807, 2.05) is 6.07 Å². The molecule has 0 atom stereocenters. The van der Waals surface area contributed by atoms with Crippen LogP contribution in [0, 0.1) is 13.8 Å². The highest BCUT2D eigenvalue weighted by Gasteiger charge is 2.22. The number of esters is 1. The van der Waals surface area contributed by atoms with Crippen LogP contribution in [0.4, 0.5) is 5.69 Å². The zero-order valence-electron chi connectivity index (χ0n) is 15.9. The molecule has 0 unspecified atom stereocenters. The summed E-state index contributed by atoms with van der Waals surface area (Å²) in [4.78, 5) is 18.1. The highest BCUT2D eigenvalue weighted by atomic mass is 32.1. The van der Waals surface area contributed by atoms with E-state index in [1.54, 1.807) is 0 Å². The van der Waals surface area contributed by atoms with Gasteiger partial charge in [-0.25, -0.2) is 9.78 Å². The van der Waals surface area contributed by atoms with Crippen LogP contribution in [0.5, 0.6) is 0 Å². The van der Waals surface area contributed by atoms with Crippen molar-refractivity contribution in [2.45, 2.75) is 13.8 Å². The van der Waals surface area contributed by atoms with Crippen molar-refractivity contribution >= 4 is 33.2 Å². The molecule has 0 spiro atoms. The number of pyridine rings is 1. The van der Waals surface area contributed by atoms with Gasteiger partial charge in [0.1, 0.15) is 9.71 Å². The van der Waals surface area contributed by atoms with E-state index in [4.69, 9.17) is 15.5 Å². The number of ether oxygens (including phenoxy) is 1. The standard InChI is InChI=1S/C23H20N2O2S/c1-13-4-8-15(9-5-13)17-12-18(16-10-6-14(2)7-11-16)25-22-19(17)20(24)21(28-22)23(26)27-3/h4-12H,24H2,1-3H3. The lowest BCUT2D eigenvalue weighted by Crippen LogP contribution is -2.01. The van der Waals surface area contributed by atoms with E-state index < -0.39 is 5.97 Å². The molecule has 0 saturated heterocycles. The molecule has 4 rings (SSSR count). The molecule has 5 heteroatoms. The highest BCUT2D eigenvalue weighted by molar-refractivity contribution is 7.21.